The summed E-state index contributed by atoms with van der Waals surface area (Å²) < 4.78 is 5.38. The molecule has 4 heteroatoms. The molecule has 0 saturated carbocycles. The molecule has 0 aliphatic heterocycles. The number of anilines is 1. The molecule has 0 aliphatic carbocycles. The highest BCUT2D eigenvalue weighted by molar-refractivity contribution is 7.81. The van der Waals surface area contributed by atoms with E-state index in [9.17, 15) is 0 Å². The summed E-state index contributed by atoms with van der Waals surface area (Å²) in [5.74, 6) is 0.854. The van der Waals surface area contributed by atoms with Gasteiger partial charge in [-0.25, -0.2) is 0 Å². The maximum Gasteiger partial charge on any atom is 0.129 e. The maximum atomic E-state index is 5.38. The second kappa shape index (κ2) is 6.12. The van der Waals surface area contributed by atoms with Gasteiger partial charge in [0.2, 0.25) is 0 Å². The maximum absolute atomic E-state index is 5.38. The lowest BCUT2D eigenvalue weighted by atomic mass is 10.3. The number of nitrogens with zero attached hydrogens (tertiary/aromatic N) is 1. The van der Waals surface area contributed by atoms with Gasteiger partial charge in [-0.2, -0.15) is 0 Å². The summed E-state index contributed by atoms with van der Waals surface area (Å²) in [6.07, 6.45) is 1.72. The van der Waals surface area contributed by atoms with E-state index >= 15 is 0 Å². The fraction of sp³-hybridized carbons (Fsp3) is 0.143. The molecule has 1 heterocycles. The van der Waals surface area contributed by atoms with Crippen molar-refractivity contribution < 1.29 is 4.74 Å². The first-order chi connectivity index (χ1) is 8.79. The van der Waals surface area contributed by atoms with E-state index in [1.165, 1.54) is 0 Å². The van der Waals surface area contributed by atoms with E-state index in [0.717, 1.165) is 17.1 Å². The summed E-state index contributed by atoms with van der Waals surface area (Å²) in [7, 11) is 0. The fourth-order valence-corrected chi connectivity index (χ4v) is 1.73. The first-order valence-electron chi connectivity index (χ1n) is 5.75. The summed E-state index contributed by atoms with van der Waals surface area (Å²) >= 11 is 5.28. The molecule has 0 amide bonds. The van der Waals surface area contributed by atoms with E-state index in [1.54, 1.807) is 6.20 Å². The second-order valence-electron chi connectivity index (χ2n) is 3.63. The lowest BCUT2D eigenvalue weighted by molar-refractivity contribution is 0.340. The predicted molar refractivity (Wildman–Crippen MR) is 77.2 cm³/mol. The van der Waals surface area contributed by atoms with Crippen LogP contribution in [0, 0.1) is 0 Å². The van der Waals surface area contributed by atoms with Crippen molar-refractivity contribution in [3.8, 4) is 5.75 Å². The van der Waals surface area contributed by atoms with Crippen molar-refractivity contribution in [2.45, 2.75) is 6.92 Å². The van der Waals surface area contributed by atoms with Gasteiger partial charge in [-0.3, -0.25) is 4.98 Å². The lowest BCUT2D eigenvalue weighted by Crippen LogP contribution is -2.11. The highest BCUT2D eigenvalue weighted by atomic mass is 32.1. The minimum absolute atomic E-state index is 0.611. The summed E-state index contributed by atoms with van der Waals surface area (Å²) in [5, 5.41) is 3.14. The number of nitrogens with one attached hydrogen (secondary N) is 1. The zero-order chi connectivity index (χ0) is 12.8. The monoisotopic (exact) mass is 258 g/mol. The third-order valence-corrected chi connectivity index (χ3v) is 2.63. The molecule has 0 fully saturated rings. The summed E-state index contributed by atoms with van der Waals surface area (Å²) in [4.78, 5) is 4.80. The molecule has 3 nitrogen and oxygen atoms in total. The van der Waals surface area contributed by atoms with Crippen LogP contribution in [0.15, 0.2) is 48.7 Å². The molecule has 0 atom stereocenters. The van der Waals surface area contributed by atoms with Crippen molar-refractivity contribution in [3.63, 3.8) is 0 Å². The molecule has 2 rings (SSSR count). The Morgan fingerprint density at radius 3 is 2.61 bits per heavy atom. The van der Waals surface area contributed by atoms with Crippen LogP contribution < -0.4 is 10.1 Å². The van der Waals surface area contributed by atoms with Gasteiger partial charge < -0.3 is 10.1 Å². The molecule has 0 radical (unpaired) electrons. The molecule has 2 aromatic rings. The lowest BCUT2D eigenvalue weighted by Gasteiger charge is -2.08. The molecule has 0 unspecified atom stereocenters. The number of ether oxygens (including phenoxy) is 1. The predicted octanol–water partition coefficient (Wildman–Crippen LogP) is 3.27. The zero-order valence-corrected chi connectivity index (χ0v) is 10.9. The van der Waals surface area contributed by atoms with E-state index in [-0.39, 0.29) is 0 Å². The Balaban J connectivity index is 2.03. The third-order valence-electron chi connectivity index (χ3n) is 2.32. The molecule has 1 aromatic carbocycles. The molecular formula is C14H14N2OS. The van der Waals surface area contributed by atoms with Crippen molar-refractivity contribution in [2.75, 3.05) is 11.9 Å². The number of pyridine rings is 1. The molecule has 92 valence electrons. The molecule has 0 saturated heterocycles. The average Bonchev–Trinajstić information content (AvgIpc) is 2.42. The fourth-order valence-electron chi connectivity index (χ4n) is 1.49. The van der Waals surface area contributed by atoms with Gasteiger partial charge in [-0.05, 0) is 43.3 Å². The van der Waals surface area contributed by atoms with Gasteiger partial charge in [0.15, 0.2) is 0 Å². The van der Waals surface area contributed by atoms with Gasteiger partial charge >= 0.3 is 0 Å². The van der Waals surface area contributed by atoms with Crippen LogP contribution in [-0.4, -0.2) is 16.6 Å². The number of thiocarbonyl (C=S) groups is 1. The minimum atomic E-state index is 0.611. The van der Waals surface area contributed by atoms with Gasteiger partial charge in [-0.1, -0.05) is 18.3 Å². The van der Waals surface area contributed by atoms with Crippen molar-refractivity contribution in [2.24, 2.45) is 0 Å². The summed E-state index contributed by atoms with van der Waals surface area (Å²) in [6.45, 7) is 2.63. The number of rotatable bonds is 4. The highest BCUT2D eigenvalue weighted by Gasteiger charge is 2.02. The van der Waals surface area contributed by atoms with E-state index in [0.29, 0.717) is 11.6 Å². The minimum Gasteiger partial charge on any atom is -0.494 e. The van der Waals surface area contributed by atoms with Crippen LogP contribution in [0.1, 0.15) is 12.6 Å². The Kier molecular flexibility index (Phi) is 4.25. The van der Waals surface area contributed by atoms with Crippen molar-refractivity contribution >= 4 is 22.9 Å². The van der Waals surface area contributed by atoms with Crippen molar-refractivity contribution in [1.29, 1.82) is 0 Å². The zero-order valence-electron chi connectivity index (χ0n) is 10.1. The van der Waals surface area contributed by atoms with E-state index < -0.39 is 0 Å². The second-order valence-corrected chi connectivity index (χ2v) is 4.03. The van der Waals surface area contributed by atoms with Crippen LogP contribution in [0.3, 0.4) is 0 Å². The number of benzene rings is 1. The highest BCUT2D eigenvalue weighted by Crippen LogP contribution is 2.16. The van der Waals surface area contributed by atoms with Gasteiger partial charge in [0.25, 0.3) is 0 Å². The van der Waals surface area contributed by atoms with Crippen LogP contribution in [0.2, 0.25) is 0 Å². The average molecular weight is 258 g/mol. The Morgan fingerprint density at radius 2 is 2.00 bits per heavy atom. The van der Waals surface area contributed by atoms with E-state index in [1.807, 2.05) is 49.4 Å². The van der Waals surface area contributed by atoms with E-state index in [2.05, 4.69) is 10.3 Å². The van der Waals surface area contributed by atoms with Gasteiger partial charge in [-0.15, -0.1) is 0 Å². The Labute approximate surface area is 112 Å². The van der Waals surface area contributed by atoms with Gasteiger partial charge in [0, 0.05) is 11.9 Å². The first kappa shape index (κ1) is 12.5. The van der Waals surface area contributed by atoms with E-state index in [4.69, 9.17) is 17.0 Å². The van der Waals surface area contributed by atoms with Crippen LogP contribution in [0.4, 0.5) is 5.69 Å². The summed E-state index contributed by atoms with van der Waals surface area (Å²) in [6, 6.07) is 13.3. The number of hydrogen-bond acceptors (Lipinski definition) is 3. The van der Waals surface area contributed by atoms with Crippen molar-refractivity contribution in [3.05, 3.63) is 54.4 Å². The van der Waals surface area contributed by atoms with Crippen LogP contribution in [0.25, 0.3) is 0 Å². The normalized spacial score (nSPS) is 9.83. The third kappa shape index (κ3) is 3.28. The molecule has 1 aromatic heterocycles. The van der Waals surface area contributed by atoms with Crippen LogP contribution in [-0.2, 0) is 0 Å². The Bertz CT molecular complexity index is 511. The molecule has 1 N–H and O–H groups in total. The molecule has 0 aliphatic rings. The van der Waals surface area contributed by atoms with Gasteiger partial charge in [0.05, 0.1) is 12.3 Å². The van der Waals surface area contributed by atoms with Gasteiger partial charge in [0.1, 0.15) is 10.7 Å². The Hall–Kier alpha value is -1.94. The molecule has 0 bridgehead atoms. The molecule has 0 spiro atoms. The first-order valence-corrected chi connectivity index (χ1v) is 6.15. The van der Waals surface area contributed by atoms with Crippen LogP contribution >= 0.6 is 12.2 Å². The quantitative estimate of drug-likeness (QED) is 0.853. The summed E-state index contributed by atoms with van der Waals surface area (Å²) in [5.41, 5.74) is 1.69. The smallest absolute Gasteiger partial charge is 0.129 e. The standard InChI is InChI=1S/C14H14N2OS/c1-2-17-12-8-6-11(7-9-12)16-14(18)13-5-3-4-10-15-13/h3-10H,2H2,1H3,(H,16,18). The van der Waals surface area contributed by atoms with Crippen LogP contribution in [0.5, 0.6) is 5.75 Å². The van der Waals surface area contributed by atoms with Crippen molar-refractivity contribution in [1.82, 2.24) is 4.98 Å². The number of hydrogen-bond donors (Lipinski definition) is 1. The molecule has 18 heavy (non-hydrogen) atoms. The topological polar surface area (TPSA) is 34.1 Å². The molecular weight excluding hydrogens is 244 g/mol. The number of aromatic nitrogens is 1. The Morgan fingerprint density at radius 1 is 1.22 bits per heavy atom. The largest absolute Gasteiger partial charge is 0.494 e. The SMILES string of the molecule is CCOc1ccc(NC(=S)c2ccccn2)cc1.